The van der Waals surface area contributed by atoms with Crippen LogP contribution in [0.3, 0.4) is 0 Å². The van der Waals surface area contributed by atoms with Crippen LogP contribution in [0.5, 0.6) is 5.75 Å². The number of hydrogen-bond donors (Lipinski definition) is 2. The highest BCUT2D eigenvalue weighted by Crippen LogP contribution is 2.25. The highest BCUT2D eigenvalue weighted by Gasteiger charge is 2.15. The van der Waals surface area contributed by atoms with Crippen LogP contribution in [0.15, 0.2) is 36.4 Å². The first-order chi connectivity index (χ1) is 12.5. The van der Waals surface area contributed by atoms with Crippen LogP contribution >= 0.6 is 11.6 Å². The summed E-state index contributed by atoms with van der Waals surface area (Å²) in [5.74, 6) is 0.156. The van der Waals surface area contributed by atoms with Gasteiger partial charge in [0, 0.05) is 21.8 Å². The Morgan fingerprint density at radius 2 is 1.59 bits per heavy atom. The predicted molar refractivity (Wildman–Crippen MR) is 109 cm³/mol. The normalized spacial score (nSPS) is 11.0. The van der Waals surface area contributed by atoms with Crippen molar-refractivity contribution >= 4 is 29.1 Å². The Hall–Kier alpha value is -2.53. The number of amides is 2. The molecule has 0 bridgehead atoms. The number of ether oxygens (including phenoxy) is 1. The Balaban J connectivity index is 1.91. The van der Waals surface area contributed by atoms with Crippen molar-refractivity contribution in [2.24, 2.45) is 0 Å². The Morgan fingerprint density at radius 1 is 1.04 bits per heavy atom. The number of anilines is 1. The van der Waals surface area contributed by atoms with E-state index in [9.17, 15) is 9.59 Å². The number of nitrogens with one attached hydrogen (secondary N) is 2. The number of rotatable bonds is 5. The van der Waals surface area contributed by atoms with Gasteiger partial charge >= 0.3 is 0 Å². The predicted octanol–water partition coefficient (Wildman–Crippen LogP) is 4.50. The van der Waals surface area contributed by atoms with Crippen LogP contribution in [-0.4, -0.2) is 24.0 Å². The highest BCUT2D eigenvalue weighted by atomic mass is 35.5. The van der Waals surface area contributed by atoms with Crippen molar-refractivity contribution in [3.63, 3.8) is 0 Å². The molecule has 0 atom stereocenters. The lowest BCUT2D eigenvalue weighted by molar-refractivity contribution is -0.118. The van der Waals surface area contributed by atoms with Crippen LogP contribution in [0.1, 0.15) is 42.3 Å². The number of hydrogen-bond acceptors (Lipinski definition) is 3. The minimum atomic E-state index is -0.306. The van der Waals surface area contributed by atoms with Gasteiger partial charge in [-0.25, -0.2) is 0 Å². The number of halogens is 1. The number of carbonyl (C=O) groups excluding carboxylic acids is 2. The fraction of sp³-hybridized carbons (Fsp3) is 0.333. The summed E-state index contributed by atoms with van der Waals surface area (Å²) < 4.78 is 5.54. The molecule has 0 heterocycles. The second-order valence-electron chi connectivity index (χ2n) is 7.49. The van der Waals surface area contributed by atoms with E-state index < -0.39 is 0 Å². The standard InChI is InChI=1S/C21H25ClN2O3/c1-13-10-17(11-14(2)19(13)22)27-12-18(25)23-16-8-6-15(7-9-16)20(26)24-21(3,4)5/h6-11H,12H2,1-5H3,(H,23,25)(H,24,26). The lowest BCUT2D eigenvalue weighted by atomic mass is 10.1. The van der Waals surface area contributed by atoms with E-state index in [0.29, 0.717) is 22.0 Å². The summed E-state index contributed by atoms with van der Waals surface area (Å²) in [6.45, 7) is 9.42. The summed E-state index contributed by atoms with van der Waals surface area (Å²) in [4.78, 5) is 24.2. The zero-order valence-electron chi connectivity index (χ0n) is 16.3. The van der Waals surface area contributed by atoms with E-state index in [1.807, 2.05) is 34.6 Å². The average molecular weight is 389 g/mol. The fourth-order valence-electron chi connectivity index (χ4n) is 2.45. The number of benzene rings is 2. The molecule has 0 aliphatic carbocycles. The van der Waals surface area contributed by atoms with E-state index in [1.54, 1.807) is 36.4 Å². The Morgan fingerprint density at radius 3 is 2.11 bits per heavy atom. The minimum Gasteiger partial charge on any atom is -0.484 e. The highest BCUT2D eigenvalue weighted by molar-refractivity contribution is 6.32. The average Bonchev–Trinajstić information content (AvgIpc) is 2.57. The maximum atomic E-state index is 12.1. The van der Waals surface area contributed by atoms with Gasteiger partial charge in [-0.2, -0.15) is 0 Å². The summed E-state index contributed by atoms with van der Waals surface area (Å²) in [5.41, 5.74) is 2.62. The van der Waals surface area contributed by atoms with Gasteiger partial charge in [0.05, 0.1) is 0 Å². The van der Waals surface area contributed by atoms with Gasteiger partial charge in [0.1, 0.15) is 5.75 Å². The van der Waals surface area contributed by atoms with Crippen molar-refractivity contribution in [1.29, 1.82) is 0 Å². The molecule has 144 valence electrons. The topological polar surface area (TPSA) is 67.4 Å². The molecule has 0 fully saturated rings. The summed E-state index contributed by atoms with van der Waals surface area (Å²) >= 11 is 6.13. The fourth-order valence-corrected chi connectivity index (χ4v) is 2.56. The summed E-state index contributed by atoms with van der Waals surface area (Å²) in [7, 11) is 0. The maximum absolute atomic E-state index is 12.1. The lowest BCUT2D eigenvalue weighted by Crippen LogP contribution is -2.40. The van der Waals surface area contributed by atoms with Gasteiger partial charge < -0.3 is 15.4 Å². The first kappa shape index (κ1) is 20.8. The first-order valence-electron chi connectivity index (χ1n) is 8.67. The molecule has 5 nitrogen and oxygen atoms in total. The molecule has 2 amide bonds. The van der Waals surface area contributed by atoms with E-state index >= 15 is 0 Å². The molecule has 0 aliphatic rings. The molecule has 0 unspecified atom stereocenters. The third kappa shape index (κ3) is 6.29. The van der Waals surface area contributed by atoms with E-state index in [2.05, 4.69) is 10.6 Å². The van der Waals surface area contributed by atoms with Gasteiger partial charge in [-0.05, 0) is 82.1 Å². The molecule has 0 aliphatic heterocycles. The summed E-state index contributed by atoms with van der Waals surface area (Å²) in [6, 6.07) is 10.3. The van der Waals surface area contributed by atoms with Gasteiger partial charge in [0.2, 0.25) is 0 Å². The zero-order valence-corrected chi connectivity index (χ0v) is 17.0. The van der Waals surface area contributed by atoms with Gasteiger partial charge in [-0.1, -0.05) is 11.6 Å². The third-order valence-corrected chi connectivity index (χ3v) is 4.30. The van der Waals surface area contributed by atoms with Crippen LogP contribution < -0.4 is 15.4 Å². The molecule has 0 saturated heterocycles. The Bertz CT molecular complexity index is 816. The summed E-state index contributed by atoms with van der Waals surface area (Å²) in [6.07, 6.45) is 0. The quantitative estimate of drug-likeness (QED) is 0.792. The van der Waals surface area contributed by atoms with Crippen LogP contribution in [0, 0.1) is 13.8 Å². The van der Waals surface area contributed by atoms with E-state index in [0.717, 1.165) is 11.1 Å². The lowest BCUT2D eigenvalue weighted by Gasteiger charge is -2.20. The minimum absolute atomic E-state index is 0.118. The SMILES string of the molecule is Cc1cc(OCC(=O)Nc2ccc(C(=O)NC(C)(C)C)cc2)cc(C)c1Cl. The second-order valence-corrected chi connectivity index (χ2v) is 7.87. The molecule has 0 saturated carbocycles. The van der Waals surface area contributed by atoms with E-state index in [1.165, 1.54) is 0 Å². The van der Waals surface area contributed by atoms with Crippen molar-refractivity contribution < 1.29 is 14.3 Å². The van der Waals surface area contributed by atoms with E-state index in [4.69, 9.17) is 16.3 Å². The largest absolute Gasteiger partial charge is 0.484 e. The van der Waals surface area contributed by atoms with Crippen molar-refractivity contribution in [1.82, 2.24) is 5.32 Å². The van der Waals surface area contributed by atoms with Crippen LogP contribution in [0.2, 0.25) is 5.02 Å². The molecule has 0 aromatic heterocycles. The monoisotopic (exact) mass is 388 g/mol. The smallest absolute Gasteiger partial charge is 0.262 e. The molecule has 2 rings (SSSR count). The van der Waals surface area contributed by atoms with Crippen molar-refractivity contribution in [3.8, 4) is 5.75 Å². The molecule has 2 aromatic rings. The Labute approximate surface area is 165 Å². The van der Waals surface area contributed by atoms with Gasteiger partial charge in [0.25, 0.3) is 11.8 Å². The maximum Gasteiger partial charge on any atom is 0.262 e. The Kier molecular flexibility index (Phi) is 6.50. The van der Waals surface area contributed by atoms with Gasteiger partial charge in [0.15, 0.2) is 6.61 Å². The second kappa shape index (κ2) is 8.44. The molecule has 6 heteroatoms. The molecule has 27 heavy (non-hydrogen) atoms. The van der Waals surface area contributed by atoms with E-state index in [-0.39, 0.29) is 24.0 Å². The van der Waals surface area contributed by atoms with Crippen molar-refractivity contribution in [2.75, 3.05) is 11.9 Å². The molecule has 2 aromatic carbocycles. The molecule has 0 spiro atoms. The van der Waals surface area contributed by atoms with Crippen LogP contribution in [0.25, 0.3) is 0 Å². The van der Waals surface area contributed by atoms with Crippen molar-refractivity contribution in [2.45, 2.75) is 40.2 Å². The third-order valence-electron chi connectivity index (χ3n) is 3.70. The number of aryl methyl sites for hydroxylation is 2. The summed E-state index contributed by atoms with van der Waals surface area (Å²) in [5, 5.41) is 6.33. The molecule has 0 radical (unpaired) electrons. The van der Waals surface area contributed by atoms with Gasteiger partial charge in [-0.3, -0.25) is 9.59 Å². The zero-order chi connectivity index (χ0) is 20.2. The van der Waals surface area contributed by atoms with Gasteiger partial charge in [-0.15, -0.1) is 0 Å². The molecule has 2 N–H and O–H groups in total. The van der Waals surface area contributed by atoms with Crippen LogP contribution in [-0.2, 0) is 4.79 Å². The number of carbonyl (C=O) groups is 2. The molecular formula is C21H25ClN2O3. The first-order valence-corrected chi connectivity index (χ1v) is 9.05. The van der Waals surface area contributed by atoms with Crippen LogP contribution in [0.4, 0.5) is 5.69 Å². The van der Waals surface area contributed by atoms with Crippen molar-refractivity contribution in [3.05, 3.63) is 58.1 Å². The molecular weight excluding hydrogens is 364 g/mol.